The molecule has 132 valence electrons. The van der Waals surface area contributed by atoms with Gasteiger partial charge in [-0.3, -0.25) is 0 Å². The van der Waals surface area contributed by atoms with Crippen molar-refractivity contribution in [2.24, 2.45) is 7.05 Å². The van der Waals surface area contributed by atoms with Gasteiger partial charge < -0.3 is 0 Å². The number of aromatic nitrogens is 3. The second-order valence-corrected chi connectivity index (χ2v) is 5.90. The van der Waals surface area contributed by atoms with E-state index in [0.717, 1.165) is 23.9 Å². The minimum atomic E-state index is -4.81. The van der Waals surface area contributed by atoms with Crippen LogP contribution in [0.15, 0.2) is 17.0 Å². The fourth-order valence-electron chi connectivity index (χ4n) is 1.88. The van der Waals surface area contributed by atoms with E-state index in [1.807, 2.05) is 0 Å². The van der Waals surface area contributed by atoms with Gasteiger partial charge in [-0.25, -0.2) is 14.1 Å². The zero-order chi connectivity index (χ0) is 18.3. The monoisotopic (exact) mass is 373 g/mol. The lowest BCUT2D eigenvalue weighted by Crippen LogP contribution is -2.10. The number of rotatable bonds is 3. The number of hydrogen-bond donors (Lipinski definition) is 0. The summed E-state index contributed by atoms with van der Waals surface area (Å²) in [6, 6.07) is 2.00. The molecule has 0 aliphatic rings. The molecular formula is C13H10F7N3S. The molecule has 0 bridgehead atoms. The smallest absolute Gasteiger partial charge is 0.248 e. The molecule has 0 amide bonds. The number of halogens is 7. The maximum absolute atomic E-state index is 14.1. The minimum Gasteiger partial charge on any atom is -0.248 e. The van der Waals surface area contributed by atoms with E-state index in [9.17, 15) is 30.7 Å². The Labute approximate surface area is 135 Å². The van der Waals surface area contributed by atoms with Crippen LogP contribution in [0.5, 0.6) is 0 Å². The van der Waals surface area contributed by atoms with E-state index in [1.54, 1.807) is 0 Å². The molecule has 1 heterocycles. The Morgan fingerprint density at radius 2 is 1.75 bits per heavy atom. The van der Waals surface area contributed by atoms with Crippen LogP contribution in [0.1, 0.15) is 11.4 Å². The zero-order valence-corrected chi connectivity index (χ0v) is 13.1. The minimum absolute atomic E-state index is 0.0975. The number of alkyl halides is 6. The van der Waals surface area contributed by atoms with Crippen molar-refractivity contribution in [3.8, 4) is 11.4 Å². The third-order valence-electron chi connectivity index (χ3n) is 2.91. The van der Waals surface area contributed by atoms with Crippen molar-refractivity contribution in [1.82, 2.24) is 14.8 Å². The van der Waals surface area contributed by atoms with Gasteiger partial charge in [-0.15, -0.1) is 16.9 Å². The highest BCUT2D eigenvalue weighted by atomic mass is 32.2. The van der Waals surface area contributed by atoms with Crippen molar-refractivity contribution in [3.63, 3.8) is 0 Å². The number of hydrogen-bond acceptors (Lipinski definition) is 3. The predicted molar refractivity (Wildman–Crippen MR) is 72.9 cm³/mol. The van der Waals surface area contributed by atoms with Gasteiger partial charge in [0.25, 0.3) is 5.82 Å². The van der Waals surface area contributed by atoms with Gasteiger partial charge >= 0.3 is 12.4 Å². The first-order valence-corrected chi connectivity index (χ1v) is 7.35. The molecule has 0 spiro atoms. The Balaban J connectivity index is 2.46. The fourth-order valence-corrected chi connectivity index (χ4v) is 2.69. The van der Waals surface area contributed by atoms with Crippen LogP contribution in [0.25, 0.3) is 11.4 Å². The highest BCUT2D eigenvalue weighted by Crippen LogP contribution is 2.35. The van der Waals surface area contributed by atoms with Crippen LogP contribution in [-0.2, 0) is 13.2 Å². The van der Waals surface area contributed by atoms with Crippen molar-refractivity contribution >= 4 is 11.8 Å². The standard InChI is InChI=1S/C13H10F7N3S/c1-6-3-8(14)7(4-9(6)24-5-12(15,16)17)10-21-11(13(18,19)20)22-23(10)2/h3-4H,5H2,1-2H3. The molecule has 1 aromatic heterocycles. The summed E-state index contributed by atoms with van der Waals surface area (Å²) >= 11 is 0.418. The highest BCUT2D eigenvalue weighted by Gasteiger charge is 2.37. The summed E-state index contributed by atoms with van der Waals surface area (Å²) in [6.45, 7) is 1.41. The first-order valence-electron chi connectivity index (χ1n) is 6.37. The third kappa shape index (κ3) is 4.19. The molecule has 0 unspecified atom stereocenters. The molecular weight excluding hydrogens is 363 g/mol. The Morgan fingerprint density at radius 1 is 1.12 bits per heavy atom. The lowest BCUT2D eigenvalue weighted by molar-refractivity contribution is -0.144. The molecule has 1 aromatic carbocycles. The van der Waals surface area contributed by atoms with Crippen molar-refractivity contribution in [3.05, 3.63) is 29.3 Å². The SMILES string of the molecule is Cc1cc(F)c(-c2nc(C(F)(F)F)nn2C)cc1SCC(F)(F)F. The summed E-state index contributed by atoms with van der Waals surface area (Å²) in [6.07, 6.45) is -9.25. The lowest BCUT2D eigenvalue weighted by Gasteiger charge is -2.11. The maximum Gasteiger partial charge on any atom is 0.453 e. The highest BCUT2D eigenvalue weighted by molar-refractivity contribution is 7.99. The van der Waals surface area contributed by atoms with Gasteiger partial charge in [0, 0.05) is 11.9 Å². The topological polar surface area (TPSA) is 30.7 Å². The summed E-state index contributed by atoms with van der Waals surface area (Å²) in [5.41, 5.74) is -0.112. The quantitative estimate of drug-likeness (QED) is 0.582. The summed E-state index contributed by atoms with van der Waals surface area (Å²) in [5.74, 6) is -3.97. The number of aryl methyl sites for hydroxylation is 2. The van der Waals surface area contributed by atoms with Gasteiger partial charge in [-0.1, -0.05) is 0 Å². The first-order chi connectivity index (χ1) is 10.9. The van der Waals surface area contributed by atoms with Crippen LogP contribution >= 0.6 is 11.8 Å². The van der Waals surface area contributed by atoms with Crippen molar-refractivity contribution < 1.29 is 30.7 Å². The second-order valence-electron chi connectivity index (χ2n) is 4.88. The van der Waals surface area contributed by atoms with E-state index in [2.05, 4.69) is 10.1 Å². The average Bonchev–Trinajstić information content (AvgIpc) is 2.79. The summed E-state index contributed by atoms with van der Waals surface area (Å²) < 4.78 is 89.7. The van der Waals surface area contributed by atoms with Gasteiger partial charge in [-0.05, 0) is 24.6 Å². The molecule has 2 aromatic rings. The largest absolute Gasteiger partial charge is 0.453 e. The molecule has 0 atom stereocenters. The predicted octanol–water partition coefficient (Wildman–Crippen LogP) is 4.60. The average molecular weight is 373 g/mol. The summed E-state index contributed by atoms with van der Waals surface area (Å²) in [7, 11) is 1.14. The van der Waals surface area contributed by atoms with Crippen molar-refractivity contribution in [1.29, 1.82) is 0 Å². The van der Waals surface area contributed by atoms with E-state index in [4.69, 9.17) is 0 Å². The summed E-state index contributed by atoms with van der Waals surface area (Å²) in [5, 5.41) is 3.16. The molecule has 3 nitrogen and oxygen atoms in total. The molecule has 11 heteroatoms. The second kappa shape index (κ2) is 6.26. The first kappa shape index (κ1) is 18.6. The van der Waals surface area contributed by atoms with Gasteiger partial charge in [0.1, 0.15) is 5.82 Å². The van der Waals surface area contributed by atoms with Gasteiger partial charge in [0.05, 0.1) is 11.3 Å². The Kier molecular flexibility index (Phi) is 4.84. The van der Waals surface area contributed by atoms with Gasteiger partial charge in [0.2, 0.25) is 0 Å². The van der Waals surface area contributed by atoms with E-state index < -0.39 is 35.6 Å². The van der Waals surface area contributed by atoms with Crippen LogP contribution in [0, 0.1) is 12.7 Å². The summed E-state index contributed by atoms with van der Waals surface area (Å²) in [4.78, 5) is 3.34. The van der Waals surface area contributed by atoms with E-state index >= 15 is 0 Å². The van der Waals surface area contributed by atoms with E-state index in [1.165, 1.54) is 6.92 Å². The van der Waals surface area contributed by atoms with Crippen LogP contribution < -0.4 is 0 Å². The molecule has 0 aliphatic carbocycles. The van der Waals surface area contributed by atoms with E-state index in [0.29, 0.717) is 11.8 Å². The molecule has 2 rings (SSSR count). The number of nitrogens with zero attached hydrogens (tertiary/aromatic N) is 3. The molecule has 0 fully saturated rings. The van der Waals surface area contributed by atoms with Crippen LogP contribution in [0.2, 0.25) is 0 Å². The normalized spacial score (nSPS) is 12.7. The maximum atomic E-state index is 14.1. The Morgan fingerprint density at radius 3 is 2.25 bits per heavy atom. The lowest BCUT2D eigenvalue weighted by atomic mass is 10.1. The van der Waals surface area contributed by atoms with Crippen LogP contribution in [0.3, 0.4) is 0 Å². The Hall–Kier alpha value is -1.78. The van der Waals surface area contributed by atoms with Gasteiger partial charge in [-0.2, -0.15) is 26.3 Å². The van der Waals surface area contributed by atoms with Crippen LogP contribution in [-0.4, -0.2) is 26.7 Å². The van der Waals surface area contributed by atoms with Crippen LogP contribution in [0.4, 0.5) is 30.7 Å². The molecule has 24 heavy (non-hydrogen) atoms. The number of thioether (sulfide) groups is 1. The zero-order valence-electron chi connectivity index (χ0n) is 12.3. The third-order valence-corrected chi connectivity index (χ3v) is 4.14. The molecule has 0 saturated carbocycles. The number of benzene rings is 1. The fraction of sp³-hybridized carbons (Fsp3) is 0.385. The van der Waals surface area contributed by atoms with E-state index in [-0.39, 0.29) is 16.0 Å². The molecule has 0 saturated heterocycles. The van der Waals surface area contributed by atoms with Gasteiger partial charge in [0.15, 0.2) is 5.82 Å². The van der Waals surface area contributed by atoms with Crippen molar-refractivity contribution in [2.45, 2.75) is 24.2 Å². The molecule has 0 radical (unpaired) electrons. The Bertz CT molecular complexity index is 749. The van der Waals surface area contributed by atoms with Crippen molar-refractivity contribution in [2.75, 3.05) is 5.75 Å². The molecule has 0 N–H and O–H groups in total. The molecule has 0 aliphatic heterocycles.